The number of carbonyl (C=O) groups is 1. The third kappa shape index (κ3) is 7.74. The van der Waals surface area contributed by atoms with Crippen molar-refractivity contribution in [2.75, 3.05) is 45.3 Å². The molecule has 0 bridgehead atoms. The van der Waals surface area contributed by atoms with Gasteiger partial charge in [0.05, 0.1) is 24.7 Å². The molecule has 34 heavy (non-hydrogen) atoms. The van der Waals surface area contributed by atoms with Gasteiger partial charge in [-0.15, -0.1) is 0 Å². The molecule has 0 saturated heterocycles. The Labute approximate surface area is 193 Å². The third-order valence-electron chi connectivity index (χ3n) is 4.53. The van der Waals surface area contributed by atoms with E-state index in [0.717, 1.165) is 23.4 Å². The molecule has 3 aromatic rings. The fourth-order valence-electron chi connectivity index (χ4n) is 2.97. The average molecular weight is 478 g/mol. The molecule has 182 valence electrons. The molecule has 0 spiro atoms. The van der Waals surface area contributed by atoms with Crippen LogP contribution in [0.2, 0.25) is 0 Å². The van der Waals surface area contributed by atoms with Crippen molar-refractivity contribution in [1.29, 1.82) is 0 Å². The first-order valence-electron chi connectivity index (χ1n) is 10.4. The molecule has 0 aliphatic rings. The van der Waals surface area contributed by atoms with E-state index in [-0.39, 0.29) is 0 Å². The van der Waals surface area contributed by atoms with Crippen LogP contribution in [-0.4, -0.2) is 67.8 Å². The largest absolute Gasteiger partial charge is 0.405 e. The van der Waals surface area contributed by atoms with E-state index < -0.39 is 18.8 Å². The second-order valence-corrected chi connectivity index (χ2v) is 7.15. The number of hydrogen-bond acceptors (Lipinski definition) is 6. The molecule has 0 radical (unpaired) electrons. The molecule has 2 heterocycles. The molecular weight excluding hydrogens is 453 g/mol. The number of amides is 2. The van der Waals surface area contributed by atoms with E-state index in [9.17, 15) is 18.0 Å². The standard InChI is InChI=1S/C22H25F3N6O3/c1-33-9-6-26-7-10-34-29-13-16-5-8-31-19(14-27-20(31)11-16)17-3-2-4-18(12-17)30-21(32)28-15-22(23,24)25/h2-5,8,11-14,26H,6-7,9-10,15H2,1H3,(H2,28,30,32). The predicted octanol–water partition coefficient (Wildman–Crippen LogP) is 3.27. The number of benzene rings is 1. The highest BCUT2D eigenvalue weighted by Crippen LogP contribution is 2.24. The van der Waals surface area contributed by atoms with Crippen molar-refractivity contribution in [2.45, 2.75) is 6.18 Å². The van der Waals surface area contributed by atoms with Crippen LogP contribution in [0.4, 0.5) is 23.7 Å². The summed E-state index contributed by atoms with van der Waals surface area (Å²) in [5.74, 6) is 0. The highest BCUT2D eigenvalue weighted by molar-refractivity contribution is 5.90. The van der Waals surface area contributed by atoms with Gasteiger partial charge in [0.15, 0.2) is 0 Å². The van der Waals surface area contributed by atoms with Crippen LogP contribution in [0.1, 0.15) is 5.56 Å². The van der Waals surface area contributed by atoms with E-state index in [1.165, 1.54) is 0 Å². The number of fused-ring (bicyclic) bond motifs is 1. The highest BCUT2D eigenvalue weighted by atomic mass is 19.4. The molecule has 9 nitrogen and oxygen atoms in total. The number of oxime groups is 1. The molecule has 3 N–H and O–H groups in total. The number of methoxy groups -OCH3 is 1. The lowest BCUT2D eigenvalue weighted by Crippen LogP contribution is -2.36. The number of hydrogen-bond donors (Lipinski definition) is 3. The molecule has 0 fully saturated rings. The average Bonchev–Trinajstić information content (AvgIpc) is 3.22. The summed E-state index contributed by atoms with van der Waals surface area (Å²) < 4.78 is 43.6. The van der Waals surface area contributed by atoms with Gasteiger partial charge in [-0.1, -0.05) is 17.3 Å². The lowest BCUT2D eigenvalue weighted by Gasteiger charge is -2.10. The number of nitrogens with one attached hydrogen (secondary N) is 3. The number of nitrogens with zero attached hydrogens (tertiary/aromatic N) is 3. The first-order valence-corrected chi connectivity index (χ1v) is 10.4. The molecule has 0 saturated carbocycles. The summed E-state index contributed by atoms with van der Waals surface area (Å²) in [4.78, 5) is 21.3. The van der Waals surface area contributed by atoms with Crippen LogP contribution in [0.5, 0.6) is 0 Å². The number of urea groups is 1. The zero-order valence-electron chi connectivity index (χ0n) is 18.4. The fourth-order valence-corrected chi connectivity index (χ4v) is 2.97. The van der Waals surface area contributed by atoms with Crippen molar-refractivity contribution < 1.29 is 27.5 Å². The van der Waals surface area contributed by atoms with Gasteiger partial charge in [-0.05, 0) is 24.3 Å². The number of halogens is 3. The van der Waals surface area contributed by atoms with E-state index in [0.29, 0.717) is 31.1 Å². The maximum Gasteiger partial charge on any atom is 0.405 e. The Kier molecular flexibility index (Phi) is 8.82. The number of aromatic nitrogens is 2. The Hall–Kier alpha value is -3.64. The van der Waals surface area contributed by atoms with Crippen LogP contribution in [0.3, 0.4) is 0 Å². The second kappa shape index (κ2) is 12.0. The molecule has 0 aliphatic carbocycles. The maximum atomic E-state index is 12.3. The smallest absolute Gasteiger partial charge is 0.394 e. The Morgan fingerprint density at radius 1 is 1.21 bits per heavy atom. The molecule has 3 rings (SSSR count). The minimum Gasteiger partial charge on any atom is -0.394 e. The summed E-state index contributed by atoms with van der Waals surface area (Å²) >= 11 is 0. The molecule has 0 unspecified atom stereocenters. The third-order valence-corrected chi connectivity index (χ3v) is 4.53. The van der Waals surface area contributed by atoms with Crippen LogP contribution < -0.4 is 16.0 Å². The van der Waals surface area contributed by atoms with E-state index in [4.69, 9.17) is 9.57 Å². The summed E-state index contributed by atoms with van der Waals surface area (Å²) in [6.45, 7) is 1.05. The van der Waals surface area contributed by atoms with E-state index in [1.54, 1.807) is 43.0 Å². The van der Waals surface area contributed by atoms with Crippen LogP contribution in [0, 0.1) is 0 Å². The van der Waals surface area contributed by atoms with Gasteiger partial charge in [-0.2, -0.15) is 13.2 Å². The monoisotopic (exact) mass is 478 g/mol. The quantitative estimate of drug-likeness (QED) is 0.223. The second-order valence-electron chi connectivity index (χ2n) is 7.15. The van der Waals surface area contributed by atoms with Crippen molar-refractivity contribution in [3.05, 3.63) is 54.4 Å². The van der Waals surface area contributed by atoms with Gasteiger partial charge in [0, 0.05) is 43.2 Å². The van der Waals surface area contributed by atoms with Gasteiger partial charge in [-0.25, -0.2) is 9.78 Å². The Morgan fingerprint density at radius 2 is 2.03 bits per heavy atom. The number of rotatable bonds is 11. The number of ether oxygens (including phenoxy) is 1. The molecule has 12 heteroatoms. The molecule has 1 aromatic carbocycles. The lowest BCUT2D eigenvalue weighted by atomic mass is 10.1. The van der Waals surface area contributed by atoms with Crippen LogP contribution >= 0.6 is 0 Å². The minimum atomic E-state index is -4.48. The Bertz CT molecular complexity index is 1120. The van der Waals surface area contributed by atoms with E-state index in [1.807, 2.05) is 28.8 Å². The molecule has 0 atom stereocenters. The molecular formula is C22H25F3N6O3. The van der Waals surface area contributed by atoms with Gasteiger partial charge in [0.25, 0.3) is 0 Å². The number of imidazole rings is 1. The first kappa shape index (κ1) is 25.0. The zero-order valence-corrected chi connectivity index (χ0v) is 18.4. The summed E-state index contributed by atoms with van der Waals surface area (Å²) in [7, 11) is 1.64. The summed E-state index contributed by atoms with van der Waals surface area (Å²) in [5, 5.41) is 11.3. The Morgan fingerprint density at radius 3 is 2.82 bits per heavy atom. The normalized spacial score (nSPS) is 11.8. The number of alkyl halides is 3. The van der Waals surface area contributed by atoms with Crippen molar-refractivity contribution in [2.24, 2.45) is 5.16 Å². The summed E-state index contributed by atoms with van der Waals surface area (Å²) in [6.07, 6.45) is 0.600. The van der Waals surface area contributed by atoms with Crippen LogP contribution in [0.25, 0.3) is 16.9 Å². The van der Waals surface area contributed by atoms with Crippen LogP contribution in [0.15, 0.2) is 53.9 Å². The van der Waals surface area contributed by atoms with E-state index >= 15 is 0 Å². The first-order chi connectivity index (χ1) is 16.4. The van der Waals surface area contributed by atoms with Gasteiger partial charge >= 0.3 is 12.2 Å². The topological polar surface area (TPSA) is 101 Å². The van der Waals surface area contributed by atoms with Crippen molar-refractivity contribution in [3.8, 4) is 11.3 Å². The van der Waals surface area contributed by atoms with Crippen molar-refractivity contribution in [1.82, 2.24) is 20.0 Å². The maximum absolute atomic E-state index is 12.3. The van der Waals surface area contributed by atoms with Crippen molar-refractivity contribution >= 4 is 23.6 Å². The zero-order chi connectivity index (χ0) is 24.4. The summed E-state index contributed by atoms with van der Waals surface area (Å²) in [5.41, 5.74) is 3.29. The molecule has 0 aliphatic heterocycles. The molecule has 2 amide bonds. The number of carbonyl (C=O) groups excluding carboxylic acids is 1. The number of pyridine rings is 1. The van der Waals surface area contributed by atoms with Gasteiger partial charge < -0.3 is 25.5 Å². The SMILES string of the molecule is COCCNCCON=Cc1ccn2c(-c3cccc(NC(=O)NCC(F)(F)F)c3)cnc2c1. The van der Waals surface area contributed by atoms with Crippen LogP contribution in [-0.2, 0) is 9.57 Å². The summed E-state index contributed by atoms with van der Waals surface area (Å²) in [6, 6.07) is 9.48. The fraction of sp³-hybridized carbons (Fsp3) is 0.318. The highest BCUT2D eigenvalue weighted by Gasteiger charge is 2.27. The van der Waals surface area contributed by atoms with Gasteiger partial charge in [0.1, 0.15) is 18.8 Å². The lowest BCUT2D eigenvalue weighted by molar-refractivity contribution is -0.122. The van der Waals surface area contributed by atoms with Gasteiger partial charge in [-0.3, -0.25) is 4.40 Å². The minimum absolute atomic E-state index is 0.352. The van der Waals surface area contributed by atoms with Gasteiger partial charge in [0.2, 0.25) is 0 Å². The number of anilines is 1. The van der Waals surface area contributed by atoms with E-state index in [2.05, 4.69) is 20.8 Å². The molecule has 2 aromatic heterocycles. The predicted molar refractivity (Wildman–Crippen MR) is 122 cm³/mol. The van der Waals surface area contributed by atoms with Crippen molar-refractivity contribution in [3.63, 3.8) is 0 Å². The Balaban J connectivity index is 1.61.